The second-order valence-electron chi connectivity index (χ2n) is 5.77. The highest BCUT2D eigenvalue weighted by Crippen LogP contribution is 2.31. The molecule has 0 radical (unpaired) electrons. The minimum absolute atomic E-state index is 0.290. The highest BCUT2D eigenvalue weighted by molar-refractivity contribution is 7.20. The fourth-order valence-corrected chi connectivity index (χ4v) is 3.28. The highest BCUT2D eigenvalue weighted by Gasteiger charge is 2.15. The first-order chi connectivity index (χ1) is 9.81. The third-order valence-corrected chi connectivity index (χ3v) is 4.73. The van der Waals surface area contributed by atoms with E-state index >= 15 is 0 Å². The van der Waals surface area contributed by atoms with Gasteiger partial charge in [0.2, 0.25) is 0 Å². The number of hydrogen-bond acceptors (Lipinski definition) is 4. The van der Waals surface area contributed by atoms with Gasteiger partial charge in [-0.15, -0.1) is 16.9 Å². The Bertz CT molecular complexity index is 747. The number of thiophene rings is 1. The number of fused-ring (bicyclic) bond motifs is 1. The summed E-state index contributed by atoms with van der Waals surface area (Å²) in [5.74, 6) is 2.93. The van der Waals surface area contributed by atoms with Crippen LogP contribution in [0.4, 0.5) is 5.69 Å². The molecule has 0 atom stereocenters. The van der Waals surface area contributed by atoms with Crippen molar-refractivity contribution >= 4 is 41.2 Å². The van der Waals surface area contributed by atoms with Crippen LogP contribution in [-0.4, -0.2) is 20.7 Å². The standard InChI is InChI=1S/C16H19NO2SSi/c1-5-19-16(18)15-10-12-11(8-9-21(2,3)4)13(17)6-7-14(12)20-15/h6-7,10H,5,17H2,1-4H3. The van der Waals surface area contributed by atoms with Crippen LogP contribution >= 0.6 is 11.3 Å². The van der Waals surface area contributed by atoms with Crippen LogP contribution in [0.2, 0.25) is 19.6 Å². The summed E-state index contributed by atoms with van der Waals surface area (Å²) in [7, 11) is -1.48. The van der Waals surface area contributed by atoms with Crippen LogP contribution in [0.15, 0.2) is 18.2 Å². The lowest BCUT2D eigenvalue weighted by molar-refractivity contribution is 0.0532. The topological polar surface area (TPSA) is 52.3 Å². The molecule has 1 aromatic carbocycles. The van der Waals surface area contributed by atoms with Crippen LogP contribution < -0.4 is 5.73 Å². The van der Waals surface area contributed by atoms with Crippen molar-refractivity contribution in [2.24, 2.45) is 0 Å². The van der Waals surface area contributed by atoms with E-state index in [1.54, 1.807) is 6.92 Å². The van der Waals surface area contributed by atoms with Crippen molar-refractivity contribution in [2.75, 3.05) is 12.3 Å². The van der Waals surface area contributed by atoms with Crippen molar-refractivity contribution < 1.29 is 9.53 Å². The molecule has 0 saturated carbocycles. The number of anilines is 1. The van der Waals surface area contributed by atoms with Gasteiger partial charge in [-0.3, -0.25) is 0 Å². The lowest BCUT2D eigenvalue weighted by Gasteiger charge is -2.05. The van der Waals surface area contributed by atoms with E-state index in [0.717, 1.165) is 15.6 Å². The van der Waals surface area contributed by atoms with Crippen molar-refractivity contribution in [1.29, 1.82) is 0 Å². The molecule has 0 aliphatic rings. The average molecular weight is 317 g/mol. The summed E-state index contributed by atoms with van der Waals surface area (Å²) in [6.45, 7) is 8.74. The van der Waals surface area contributed by atoms with E-state index in [0.29, 0.717) is 17.2 Å². The molecule has 0 aliphatic heterocycles. The molecule has 0 aliphatic carbocycles. The molecule has 5 heteroatoms. The van der Waals surface area contributed by atoms with Gasteiger partial charge < -0.3 is 10.5 Å². The zero-order valence-corrected chi connectivity index (χ0v) is 14.6. The average Bonchev–Trinajstić information content (AvgIpc) is 2.81. The van der Waals surface area contributed by atoms with Crippen LogP contribution in [0, 0.1) is 11.5 Å². The Kier molecular flexibility index (Phi) is 4.40. The van der Waals surface area contributed by atoms with Gasteiger partial charge in [0.15, 0.2) is 0 Å². The molecule has 2 rings (SSSR count). The monoisotopic (exact) mass is 317 g/mol. The molecule has 2 aromatic rings. The van der Waals surface area contributed by atoms with Gasteiger partial charge in [0.25, 0.3) is 0 Å². The minimum atomic E-state index is -1.48. The van der Waals surface area contributed by atoms with Crippen LogP contribution in [0.25, 0.3) is 10.1 Å². The SMILES string of the molecule is CCOC(=O)c1cc2c(C#C[Si](C)(C)C)c(N)ccc2s1. The molecule has 3 nitrogen and oxygen atoms in total. The van der Waals surface area contributed by atoms with Crippen molar-refractivity contribution in [3.63, 3.8) is 0 Å². The van der Waals surface area contributed by atoms with Gasteiger partial charge in [-0.1, -0.05) is 25.6 Å². The molecule has 1 heterocycles. The van der Waals surface area contributed by atoms with E-state index in [2.05, 4.69) is 31.1 Å². The first kappa shape index (κ1) is 15.6. The van der Waals surface area contributed by atoms with E-state index in [9.17, 15) is 4.79 Å². The van der Waals surface area contributed by atoms with Crippen molar-refractivity contribution in [3.05, 3.63) is 28.6 Å². The Labute approximate surface area is 130 Å². The summed E-state index contributed by atoms with van der Waals surface area (Å²) >= 11 is 1.42. The van der Waals surface area contributed by atoms with Gasteiger partial charge in [-0.05, 0) is 25.1 Å². The third-order valence-electron chi connectivity index (χ3n) is 2.77. The smallest absolute Gasteiger partial charge is 0.348 e. The maximum atomic E-state index is 11.9. The lowest BCUT2D eigenvalue weighted by Crippen LogP contribution is -2.16. The molecule has 110 valence electrons. The molecule has 2 N–H and O–H groups in total. The van der Waals surface area contributed by atoms with E-state index in [-0.39, 0.29) is 5.97 Å². The number of ether oxygens (including phenoxy) is 1. The Balaban J connectivity index is 2.56. The predicted octanol–water partition coefficient (Wildman–Crippen LogP) is 3.89. The van der Waals surface area contributed by atoms with Crippen LogP contribution in [0.1, 0.15) is 22.2 Å². The van der Waals surface area contributed by atoms with Gasteiger partial charge >= 0.3 is 5.97 Å². The molecule has 0 unspecified atom stereocenters. The fourth-order valence-electron chi connectivity index (χ4n) is 1.82. The number of esters is 1. The maximum Gasteiger partial charge on any atom is 0.348 e. The molecule has 21 heavy (non-hydrogen) atoms. The first-order valence-electron chi connectivity index (χ1n) is 6.84. The number of carbonyl (C=O) groups is 1. The summed E-state index contributed by atoms with van der Waals surface area (Å²) in [4.78, 5) is 12.4. The summed E-state index contributed by atoms with van der Waals surface area (Å²) < 4.78 is 6.06. The lowest BCUT2D eigenvalue weighted by atomic mass is 10.1. The van der Waals surface area contributed by atoms with Crippen LogP contribution in [0.5, 0.6) is 0 Å². The Morgan fingerprint density at radius 1 is 1.38 bits per heavy atom. The second-order valence-corrected chi connectivity index (χ2v) is 11.6. The number of carbonyl (C=O) groups excluding carboxylic acids is 1. The normalized spacial score (nSPS) is 11.0. The number of nitrogen functional groups attached to an aromatic ring is 1. The second kappa shape index (κ2) is 5.92. The molecule has 1 aromatic heterocycles. The molecule has 0 saturated heterocycles. The fraction of sp³-hybridized carbons (Fsp3) is 0.312. The van der Waals surface area contributed by atoms with Gasteiger partial charge in [0.1, 0.15) is 13.0 Å². The van der Waals surface area contributed by atoms with Crippen molar-refractivity contribution in [2.45, 2.75) is 26.6 Å². The molecule has 0 fully saturated rings. The zero-order valence-electron chi connectivity index (χ0n) is 12.7. The third kappa shape index (κ3) is 3.66. The minimum Gasteiger partial charge on any atom is -0.462 e. The predicted molar refractivity (Wildman–Crippen MR) is 92.4 cm³/mol. The molecule has 0 amide bonds. The summed E-state index contributed by atoms with van der Waals surface area (Å²) in [6.07, 6.45) is 0. The van der Waals surface area contributed by atoms with E-state index in [1.165, 1.54) is 11.3 Å². The Morgan fingerprint density at radius 3 is 2.71 bits per heavy atom. The van der Waals surface area contributed by atoms with E-state index < -0.39 is 8.07 Å². The Morgan fingerprint density at radius 2 is 2.10 bits per heavy atom. The summed E-state index contributed by atoms with van der Waals surface area (Å²) in [5.41, 5.74) is 10.9. The van der Waals surface area contributed by atoms with Gasteiger partial charge in [-0.2, -0.15) is 0 Å². The number of benzene rings is 1. The molecular weight excluding hydrogens is 298 g/mol. The quantitative estimate of drug-likeness (QED) is 0.396. The van der Waals surface area contributed by atoms with Gasteiger partial charge in [0.05, 0.1) is 12.2 Å². The largest absolute Gasteiger partial charge is 0.462 e. The molecular formula is C16H19NO2SSi. The first-order valence-corrected chi connectivity index (χ1v) is 11.2. The number of rotatable bonds is 2. The van der Waals surface area contributed by atoms with Crippen LogP contribution in [0.3, 0.4) is 0 Å². The van der Waals surface area contributed by atoms with Crippen molar-refractivity contribution in [1.82, 2.24) is 0 Å². The van der Waals surface area contributed by atoms with Gasteiger partial charge in [-0.25, -0.2) is 4.79 Å². The van der Waals surface area contributed by atoms with Crippen molar-refractivity contribution in [3.8, 4) is 11.5 Å². The van der Waals surface area contributed by atoms with Gasteiger partial charge in [0, 0.05) is 15.8 Å². The molecule has 0 spiro atoms. The molecule has 0 bridgehead atoms. The number of nitrogens with two attached hydrogens (primary N) is 1. The maximum absolute atomic E-state index is 11.9. The van der Waals surface area contributed by atoms with E-state index in [1.807, 2.05) is 18.2 Å². The number of hydrogen-bond donors (Lipinski definition) is 1. The van der Waals surface area contributed by atoms with E-state index in [4.69, 9.17) is 10.5 Å². The summed E-state index contributed by atoms with van der Waals surface area (Å²) in [6, 6.07) is 5.61. The zero-order chi connectivity index (χ0) is 15.6. The van der Waals surface area contributed by atoms with Crippen LogP contribution in [-0.2, 0) is 4.74 Å². The highest BCUT2D eigenvalue weighted by atomic mass is 32.1. The Hall–Kier alpha value is -1.77. The summed E-state index contributed by atoms with van der Waals surface area (Å²) in [5, 5.41) is 0.939.